The van der Waals surface area contributed by atoms with Crippen LogP contribution in [0.25, 0.3) is 0 Å². The molecule has 1 heterocycles. The number of hydrogen-bond donors (Lipinski definition) is 1. The van der Waals surface area contributed by atoms with E-state index < -0.39 is 0 Å². The van der Waals surface area contributed by atoms with Gasteiger partial charge in [-0.05, 0) is 43.5 Å². The highest BCUT2D eigenvalue weighted by Gasteiger charge is 2.35. The second kappa shape index (κ2) is 9.57. The molecular weight excluding hydrogens is 360 g/mol. The average molecular weight is 388 g/mol. The second-order valence-corrected chi connectivity index (χ2v) is 7.38. The maximum atomic E-state index is 12.1. The van der Waals surface area contributed by atoms with Crippen molar-refractivity contribution in [1.29, 1.82) is 0 Å². The first-order chi connectivity index (χ1) is 13.6. The highest BCUT2D eigenvalue weighted by atomic mass is 16.5. The number of benzene rings is 1. The third-order valence-corrected chi connectivity index (χ3v) is 5.17. The van der Waals surface area contributed by atoms with Gasteiger partial charge in [0.1, 0.15) is 11.9 Å². The summed E-state index contributed by atoms with van der Waals surface area (Å²) in [6.45, 7) is 1.93. The zero-order valence-electron chi connectivity index (χ0n) is 16.3. The Morgan fingerprint density at radius 2 is 1.75 bits per heavy atom. The summed E-state index contributed by atoms with van der Waals surface area (Å²) in [6.07, 6.45) is 4.68. The van der Waals surface area contributed by atoms with Gasteiger partial charge in [-0.25, -0.2) is 0 Å². The molecular formula is C21H28N2O5. The Morgan fingerprint density at radius 1 is 1.07 bits per heavy atom. The fourth-order valence-electron chi connectivity index (χ4n) is 3.30. The Labute approximate surface area is 165 Å². The van der Waals surface area contributed by atoms with Crippen molar-refractivity contribution in [3.63, 3.8) is 0 Å². The third kappa shape index (κ3) is 5.71. The van der Waals surface area contributed by atoms with Gasteiger partial charge in [-0.3, -0.25) is 14.4 Å². The first-order valence-corrected chi connectivity index (χ1v) is 9.97. The monoisotopic (exact) mass is 388 g/mol. The number of nitrogens with zero attached hydrogens (tertiary/aromatic N) is 1. The molecule has 7 heteroatoms. The maximum absolute atomic E-state index is 12.1. The number of methoxy groups -OCH3 is 1. The number of carbonyl (C=O) groups excluding carboxylic acids is 3. The van der Waals surface area contributed by atoms with Crippen LogP contribution >= 0.6 is 0 Å². The summed E-state index contributed by atoms with van der Waals surface area (Å²) >= 11 is 0. The lowest BCUT2D eigenvalue weighted by Crippen LogP contribution is -2.42. The van der Waals surface area contributed by atoms with Gasteiger partial charge in [0.2, 0.25) is 5.91 Å². The molecule has 0 unspecified atom stereocenters. The molecule has 0 radical (unpaired) electrons. The molecule has 1 aliphatic heterocycles. The van der Waals surface area contributed by atoms with Crippen LogP contribution in [0.2, 0.25) is 0 Å². The smallest absolute Gasteiger partial charge is 0.305 e. The molecule has 1 saturated heterocycles. The SMILES string of the molecule is COC(=O)CCCNC(=O)c1ccc(OC2CCN(C(=O)C3CC3)CC2)cc1. The van der Waals surface area contributed by atoms with Crippen LogP contribution in [0.1, 0.15) is 48.9 Å². The first kappa shape index (κ1) is 20.2. The molecule has 1 N–H and O–H groups in total. The fourth-order valence-corrected chi connectivity index (χ4v) is 3.30. The van der Waals surface area contributed by atoms with E-state index in [9.17, 15) is 14.4 Å². The molecule has 2 fully saturated rings. The van der Waals surface area contributed by atoms with E-state index in [0.717, 1.165) is 44.5 Å². The molecule has 1 aromatic rings. The Bertz CT molecular complexity index is 691. The Morgan fingerprint density at radius 3 is 2.36 bits per heavy atom. The molecule has 2 aliphatic rings. The molecule has 1 saturated carbocycles. The van der Waals surface area contributed by atoms with Gasteiger partial charge in [0.25, 0.3) is 5.91 Å². The summed E-state index contributed by atoms with van der Waals surface area (Å²) < 4.78 is 10.6. The van der Waals surface area contributed by atoms with Crippen molar-refractivity contribution in [3.05, 3.63) is 29.8 Å². The van der Waals surface area contributed by atoms with E-state index in [1.165, 1.54) is 7.11 Å². The molecule has 1 aliphatic carbocycles. The van der Waals surface area contributed by atoms with Crippen molar-refractivity contribution in [2.24, 2.45) is 5.92 Å². The van der Waals surface area contributed by atoms with E-state index in [2.05, 4.69) is 10.1 Å². The van der Waals surface area contributed by atoms with E-state index in [1.54, 1.807) is 24.3 Å². The molecule has 1 aromatic carbocycles. The molecule has 0 atom stereocenters. The second-order valence-electron chi connectivity index (χ2n) is 7.38. The number of esters is 1. The minimum atomic E-state index is -0.279. The van der Waals surface area contributed by atoms with Gasteiger partial charge in [-0.15, -0.1) is 0 Å². The van der Waals surface area contributed by atoms with Crippen LogP contribution in [0.15, 0.2) is 24.3 Å². The van der Waals surface area contributed by atoms with Gasteiger partial charge >= 0.3 is 5.97 Å². The zero-order chi connectivity index (χ0) is 19.9. The van der Waals surface area contributed by atoms with Crippen molar-refractivity contribution in [2.45, 2.75) is 44.6 Å². The van der Waals surface area contributed by atoms with Crippen LogP contribution < -0.4 is 10.1 Å². The van der Waals surface area contributed by atoms with Gasteiger partial charge < -0.3 is 19.7 Å². The predicted octanol–water partition coefficient (Wildman–Crippen LogP) is 2.15. The predicted molar refractivity (Wildman–Crippen MR) is 103 cm³/mol. The summed E-state index contributed by atoms with van der Waals surface area (Å²) in [5.74, 6) is 0.855. The minimum Gasteiger partial charge on any atom is -0.490 e. The number of ether oxygens (including phenoxy) is 2. The average Bonchev–Trinajstić information content (AvgIpc) is 3.57. The van der Waals surface area contributed by atoms with E-state index in [4.69, 9.17) is 4.74 Å². The number of carbonyl (C=O) groups is 3. The van der Waals surface area contributed by atoms with Crippen molar-refractivity contribution in [1.82, 2.24) is 10.2 Å². The van der Waals surface area contributed by atoms with E-state index in [1.807, 2.05) is 4.90 Å². The molecule has 0 spiro atoms. The quantitative estimate of drug-likeness (QED) is 0.545. The number of hydrogen-bond acceptors (Lipinski definition) is 5. The highest BCUT2D eigenvalue weighted by Crippen LogP contribution is 2.32. The fraction of sp³-hybridized carbons (Fsp3) is 0.571. The molecule has 28 heavy (non-hydrogen) atoms. The van der Waals surface area contributed by atoms with Gasteiger partial charge in [-0.2, -0.15) is 0 Å². The summed E-state index contributed by atoms with van der Waals surface area (Å²) in [6, 6.07) is 7.06. The van der Waals surface area contributed by atoms with Crippen LogP contribution in [-0.4, -0.2) is 55.5 Å². The zero-order valence-corrected chi connectivity index (χ0v) is 16.3. The van der Waals surface area contributed by atoms with Gasteiger partial charge in [0.05, 0.1) is 7.11 Å². The van der Waals surface area contributed by atoms with Crippen molar-refractivity contribution in [2.75, 3.05) is 26.7 Å². The van der Waals surface area contributed by atoms with Crippen LogP contribution in [0.4, 0.5) is 0 Å². The van der Waals surface area contributed by atoms with E-state index in [0.29, 0.717) is 24.4 Å². The molecule has 3 rings (SSSR count). The maximum Gasteiger partial charge on any atom is 0.305 e. The van der Waals surface area contributed by atoms with Crippen LogP contribution in [0.5, 0.6) is 5.75 Å². The van der Waals surface area contributed by atoms with E-state index >= 15 is 0 Å². The number of rotatable bonds is 8. The molecule has 2 amide bonds. The van der Waals surface area contributed by atoms with Gasteiger partial charge in [-0.1, -0.05) is 0 Å². The van der Waals surface area contributed by atoms with Crippen LogP contribution in [-0.2, 0) is 14.3 Å². The Kier molecular flexibility index (Phi) is 6.90. The van der Waals surface area contributed by atoms with Gasteiger partial charge in [0.15, 0.2) is 0 Å². The van der Waals surface area contributed by atoms with E-state index in [-0.39, 0.29) is 30.3 Å². The van der Waals surface area contributed by atoms with Crippen LogP contribution in [0.3, 0.4) is 0 Å². The summed E-state index contributed by atoms with van der Waals surface area (Å²) in [5.41, 5.74) is 0.551. The standard InChI is InChI=1S/C21H28N2O5/c1-27-19(24)3-2-12-22-20(25)15-6-8-17(9-7-15)28-18-10-13-23(14-11-18)21(26)16-4-5-16/h6-9,16,18H,2-5,10-14H2,1H3,(H,22,25). The number of piperidine rings is 1. The number of amides is 2. The Hall–Kier alpha value is -2.57. The summed E-state index contributed by atoms with van der Waals surface area (Å²) in [5, 5.41) is 2.78. The molecule has 152 valence electrons. The highest BCUT2D eigenvalue weighted by molar-refractivity contribution is 5.94. The number of nitrogens with one attached hydrogen (secondary N) is 1. The lowest BCUT2D eigenvalue weighted by molar-refractivity contribution is -0.140. The Balaban J connectivity index is 1.39. The third-order valence-electron chi connectivity index (χ3n) is 5.17. The normalized spacial score (nSPS) is 17.1. The molecule has 0 aromatic heterocycles. The minimum absolute atomic E-state index is 0.0984. The molecule has 0 bridgehead atoms. The van der Waals surface area contributed by atoms with Crippen LogP contribution in [0, 0.1) is 5.92 Å². The summed E-state index contributed by atoms with van der Waals surface area (Å²) in [7, 11) is 1.35. The van der Waals surface area contributed by atoms with Crippen molar-refractivity contribution in [3.8, 4) is 5.75 Å². The molecule has 7 nitrogen and oxygen atoms in total. The van der Waals surface area contributed by atoms with Crippen molar-refractivity contribution < 1.29 is 23.9 Å². The summed E-state index contributed by atoms with van der Waals surface area (Å²) in [4.78, 5) is 37.2. The van der Waals surface area contributed by atoms with Gasteiger partial charge in [0, 0.05) is 50.4 Å². The lowest BCUT2D eigenvalue weighted by atomic mass is 10.1. The largest absolute Gasteiger partial charge is 0.490 e. The number of likely N-dealkylation sites (tertiary alicyclic amines) is 1. The lowest BCUT2D eigenvalue weighted by Gasteiger charge is -2.32. The first-order valence-electron chi connectivity index (χ1n) is 9.97. The topological polar surface area (TPSA) is 84.9 Å². The van der Waals surface area contributed by atoms with Crippen molar-refractivity contribution >= 4 is 17.8 Å².